The van der Waals surface area contributed by atoms with E-state index in [2.05, 4.69) is 57.2 Å². The van der Waals surface area contributed by atoms with Crippen molar-refractivity contribution in [3.63, 3.8) is 0 Å². The largest absolute Gasteiger partial charge is 0.459 e. The number of carbonyl (C=O) groups excluding carboxylic acids is 1. The molecule has 2 atom stereocenters. The van der Waals surface area contributed by atoms with Gasteiger partial charge < -0.3 is 4.74 Å². The van der Waals surface area contributed by atoms with Gasteiger partial charge in [-0.2, -0.15) is 0 Å². The number of allylic oxidation sites excluding steroid dienone is 2. The summed E-state index contributed by atoms with van der Waals surface area (Å²) in [5.41, 5.74) is 2.04. The van der Waals surface area contributed by atoms with Crippen molar-refractivity contribution in [3.05, 3.63) is 47.5 Å². The Bertz CT molecular complexity index is 596. The van der Waals surface area contributed by atoms with Gasteiger partial charge >= 0.3 is 5.97 Å². The Kier molecular flexibility index (Phi) is 6.13. The van der Waals surface area contributed by atoms with E-state index in [1.165, 1.54) is 5.56 Å². The molecule has 2 rings (SSSR count). The van der Waals surface area contributed by atoms with Crippen molar-refractivity contribution in [3.8, 4) is 0 Å². The van der Waals surface area contributed by atoms with Gasteiger partial charge in [0.25, 0.3) is 0 Å². The van der Waals surface area contributed by atoms with Crippen molar-refractivity contribution in [2.24, 2.45) is 5.92 Å². The number of rotatable bonds is 4. The van der Waals surface area contributed by atoms with Gasteiger partial charge in [0.15, 0.2) is 0 Å². The van der Waals surface area contributed by atoms with Gasteiger partial charge in [0.05, 0.1) is 5.92 Å². The first-order chi connectivity index (χ1) is 11.6. The lowest BCUT2D eigenvalue weighted by Gasteiger charge is -2.28. The number of benzene rings is 1. The van der Waals surface area contributed by atoms with Crippen molar-refractivity contribution >= 4 is 5.97 Å². The topological polar surface area (TPSA) is 26.3 Å². The third-order valence-electron chi connectivity index (χ3n) is 4.82. The minimum absolute atomic E-state index is 0.0921. The highest BCUT2D eigenvalue weighted by atomic mass is 16.6. The average molecular weight is 343 g/mol. The molecule has 0 saturated carbocycles. The van der Waals surface area contributed by atoms with Gasteiger partial charge in [-0.05, 0) is 68.9 Å². The van der Waals surface area contributed by atoms with E-state index in [4.69, 9.17) is 4.74 Å². The number of esters is 1. The molecule has 0 amide bonds. The molecule has 0 bridgehead atoms. The predicted octanol–water partition coefficient (Wildman–Crippen LogP) is 6.16. The second-order valence-electron chi connectivity index (χ2n) is 9.34. The molecule has 1 aliphatic rings. The number of hydrogen-bond donors (Lipinski definition) is 0. The fraction of sp³-hybridized carbons (Fsp3) is 0.609. The lowest BCUT2D eigenvalue weighted by Crippen LogP contribution is -2.29. The maximum atomic E-state index is 12.9. The third kappa shape index (κ3) is 6.02. The van der Waals surface area contributed by atoms with Gasteiger partial charge in [-0.1, -0.05) is 57.2 Å². The summed E-state index contributed by atoms with van der Waals surface area (Å²) in [4.78, 5) is 12.9. The van der Waals surface area contributed by atoms with E-state index in [9.17, 15) is 4.79 Å². The maximum Gasteiger partial charge on any atom is 0.313 e. The normalized spacial score (nSPS) is 19.5. The fourth-order valence-corrected chi connectivity index (χ4v) is 3.36. The first kappa shape index (κ1) is 19.8. The quantitative estimate of drug-likeness (QED) is 0.484. The van der Waals surface area contributed by atoms with E-state index >= 15 is 0 Å². The van der Waals surface area contributed by atoms with Crippen LogP contribution < -0.4 is 0 Å². The average Bonchev–Trinajstić information content (AvgIpc) is 2.51. The van der Waals surface area contributed by atoms with Crippen LogP contribution in [0.5, 0.6) is 0 Å². The van der Waals surface area contributed by atoms with Crippen LogP contribution in [0.4, 0.5) is 0 Å². The van der Waals surface area contributed by atoms with Crippen LogP contribution in [0.3, 0.4) is 0 Å². The van der Waals surface area contributed by atoms with E-state index in [1.54, 1.807) is 0 Å². The molecule has 1 aliphatic carbocycles. The summed E-state index contributed by atoms with van der Waals surface area (Å²) in [7, 11) is 0. The molecule has 2 unspecified atom stereocenters. The van der Waals surface area contributed by atoms with Crippen LogP contribution in [0.25, 0.3) is 0 Å². The van der Waals surface area contributed by atoms with Gasteiger partial charge in [0.1, 0.15) is 5.60 Å². The fourth-order valence-electron chi connectivity index (χ4n) is 3.36. The monoisotopic (exact) mass is 342 g/mol. The van der Waals surface area contributed by atoms with Crippen LogP contribution in [-0.2, 0) is 14.9 Å². The van der Waals surface area contributed by atoms with Crippen LogP contribution in [0, 0.1) is 5.92 Å². The first-order valence-corrected chi connectivity index (χ1v) is 9.54. The molecule has 1 aromatic carbocycles. The second-order valence-corrected chi connectivity index (χ2v) is 9.34. The van der Waals surface area contributed by atoms with E-state index in [0.717, 1.165) is 31.2 Å². The molecule has 0 aromatic heterocycles. The van der Waals surface area contributed by atoms with Gasteiger partial charge in [0, 0.05) is 0 Å². The minimum atomic E-state index is -0.451. The minimum Gasteiger partial charge on any atom is -0.459 e. The Morgan fingerprint density at radius 1 is 1.08 bits per heavy atom. The molecule has 138 valence electrons. The summed E-state index contributed by atoms with van der Waals surface area (Å²) >= 11 is 0. The van der Waals surface area contributed by atoms with E-state index < -0.39 is 5.60 Å². The summed E-state index contributed by atoms with van der Waals surface area (Å²) < 4.78 is 5.74. The zero-order valence-electron chi connectivity index (χ0n) is 16.8. The van der Waals surface area contributed by atoms with E-state index in [-0.39, 0.29) is 17.3 Å². The van der Waals surface area contributed by atoms with Crippen LogP contribution >= 0.6 is 0 Å². The van der Waals surface area contributed by atoms with Crippen molar-refractivity contribution in [1.82, 2.24) is 0 Å². The molecule has 0 fully saturated rings. The van der Waals surface area contributed by atoms with Crippen LogP contribution in [0.1, 0.15) is 84.3 Å². The van der Waals surface area contributed by atoms with Crippen LogP contribution in [-0.4, -0.2) is 11.6 Å². The highest BCUT2D eigenvalue weighted by molar-refractivity contribution is 5.78. The van der Waals surface area contributed by atoms with Crippen molar-refractivity contribution in [1.29, 1.82) is 0 Å². The van der Waals surface area contributed by atoms with Gasteiger partial charge in [-0.15, -0.1) is 0 Å². The third-order valence-corrected chi connectivity index (χ3v) is 4.82. The molecular weight excluding hydrogens is 308 g/mol. The van der Waals surface area contributed by atoms with Gasteiger partial charge in [0.2, 0.25) is 0 Å². The highest BCUT2D eigenvalue weighted by Crippen LogP contribution is 2.33. The Morgan fingerprint density at radius 3 is 2.20 bits per heavy atom. The lowest BCUT2D eigenvalue weighted by molar-refractivity contribution is -0.157. The molecular formula is C23H34O2. The molecule has 0 saturated heterocycles. The molecule has 2 heteroatoms. The Balaban J connectivity index is 2.23. The molecule has 0 radical (unpaired) electrons. The highest BCUT2D eigenvalue weighted by Gasteiger charge is 2.29. The van der Waals surface area contributed by atoms with Gasteiger partial charge in [-0.3, -0.25) is 4.79 Å². The van der Waals surface area contributed by atoms with E-state index in [1.807, 2.05) is 20.8 Å². The second kappa shape index (κ2) is 7.76. The molecule has 0 heterocycles. The zero-order chi connectivity index (χ0) is 18.7. The summed E-state index contributed by atoms with van der Waals surface area (Å²) in [5, 5.41) is 0. The Hall–Kier alpha value is -1.57. The summed E-state index contributed by atoms with van der Waals surface area (Å²) in [5.74, 6) is 0.292. The molecule has 0 N–H and O–H groups in total. The van der Waals surface area contributed by atoms with E-state index in [0.29, 0.717) is 5.92 Å². The standard InChI is InChI=1S/C23H34O2/c1-22(2,3)19-14-12-18(13-15-19)20(21(24)25-23(4,5)6)16-17-10-8-7-9-11-17/h7-8,12-15,17,20H,9-11,16H2,1-6H3. The molecule has 25 heavy (non-hydrogen) atoms. The predicted molar refractivity (Wildman–Crippen MR) is 105 cm³/mol. The number of ether oxygens (including phenoxy) is 1. The Labute approximate surface area is 153 Å². The van der Waals surface area contributed by atoms with Crippen molar-refractivity contribution < 1.29 is 9.53 Å². The molecule has 0 aliphatic heterocycles. The smallest absolute Gasteiger partial charge is 0.313 e. The molecule has 2 nitrogen and oxygen atoms in total. The van der Waals surface area contributed by atoms with Crippen molar-refractivity contribution in [2.75, 3.05) is 0 Å². The number of hydrogen-bond acceptors (Lipinski definition) is 2. The van der Waals surface area contributed by atoms with Crippen LogP contribution in [0.2, 0.25) is 0 Å². The van der Waals surface area contributed by atoms with Gasteiger partial charge in [-0.25, -0.2) is 0 Å². The summed E-state index contributed by atoms with van der Waals surface area (Å²) in [6, 6.07) is 8.56. The summed E-state index contributed by atoms with van der Waals surface area (Å²) in [6.45, 7) is 12.4. The van der Waals surface area contributed by atoms with Crippen molar-refractivity contribution in [2.45, 2.75) is 84.2 Å². The molecule has 1 aromatic rings. The lowest BCUT2D eigenvalue weighted by atomic mass is 9.81. The SMILES string of the molecule is CC(C)(C)OC(=O)C(CC1CC=CCC1)c1ccc(C(C)(C)C)cc1. The van der Waals surface area contributed by atoms with Crippen LogP contribution in [0.15, 0.2) is 36.4 Å². The number of carbonyl (C=O) groups is 1. The molecule has 0 spiro atoms. The zero-order valence-corrected chi connectivity index (χ0v) is 16.8. The Morgan fingerprint density at radius 2 is 1.72 bits per heavy atom. The summed E-state index contributed by atoms with van der Waals surface area (Å²) in [6.07, 6.45) is 8.72. The maximum absolute atomic E-state index is 12.9. The first-order valence-electron chi connectivity index (χ1n) is 9.54.